The minimum Gasteiger partial charge on any atom is -0.497 e. The van der Waals surface area contributed by atoms with Crippen molar-refractivity contribution in [2.24, 2.45) is 0 Å². The zero-order valence-corrected chi connectivity index (χ0v) is 16.8. The average Bonchev–Trinajstić information content (AvgIpc) is 3.29. The number of hydrogen-bond acceptors (Lipinski definition) is 5. The number of carbonyl (C=O) groups excluding carboxylic acids is 2. The molecule has 0 aliphatic carbocycles. The first-order valence-corrected chi connectivity index (χ1v) is 9.97. The van der Waals surface area contributed by atoms with Gasteiger partial charge >= 0.3 is 0 Å². The molecule has 2 aromatic carbocycles. The molecule has 0 spiro atoms. The fourth-order valence-electron chi connectivity index (χ4n) is 3.50. The summed E-state index contributed by atoms with van der Waals surface area (Å²) in [6.45, 7) is 1.09. The number of rotatable bonds is 6. The van der Waals surface area contributed by atoms with E-state index in [0.29, 0.717) is 18.0 Å². The molecule has 0 aromatic heterocycles. The van der Waals surface area contributed by atoms with E-state index in [2.05, 4.69) is 5.32 Å². The third kappa shape index (κ3) is 4.46. The van der Waals surface area contributed by atoms with E-state index < -0.39 is 0 Å². The van der Waals surface area contributed by atoms with Crippen LogP contribution in [0.5, 0.6) is 11.5 Å². The Hall–Kier alpha value is -3.32. The summed E-state index contributed by atoms with van der Waals surface area (Å²) in [6, 6.07) is 14.5. The van der Waals surface area contributed by atoms with Gasteiger partial charge < -0.3 is 19.5 Å². The van der Waals surface area contributed by atoms with Gasteiger partial charge in [-0.2, -0.15) is 0 Å². The lowest BCUT2D eigenvalue weighted by atomic mass is 10.1. The summed E-state index contributed by atoms with van der Waals surface area (Å²) in [5.74, 6) is 0.814. The van der Waals surface area contributed by atoms with Crippen molar-refractivity contribution >= 4 is 23.6 Å². The molecule has 7 heteroatoms. The van der Waals surface area contributed by atoms with Crippen LogP contribution in [0.2, 0.25) is 0 Å². The Kier molecular flexibility index (Phi) is 5.99. The van der Waals surface area contributed by atoms with Gasteiger partial charge in [-0.05, 0) is 48.7 Å². The summed E-state index contributed by atoms with van der Waals surface area (Å²) in [6.07, 6.45) is 3.66. The fraction of sp³-hybridized carbons (Fsp3) is 0.304. The third-order valence-corrected chi connectivity index (χ3v) is 5.10. The standard InChI is InChI=1S/C23H24N2O5/c1-28-17-10-8-16(9-11-17)13-21-23(27)25(19-6-2-3-7-20(19)30-21)15-22(26)24-14-18-5-4-12-29-18/h2-3,6-11,13,18H,4-5,12,14-15H2,1H3,(H,24,26)/b21-13-/t18-/m0/s1. The van der Waals surface area contributed by atoms with Gasteiger partial charge in [-0.25, -0.2) is 0 Å². The molecule has 2 amide bonds. The molecule has 2 heterocycles. The van der Waals surface area contributed by atoms with Gasteiger partial charge in [0, 0.05) is 13.2 Å². The quantitative estimate of drug-likeness (QED) is 0.744. The van der Waals surface area contributed by atoms with Crippen molar-refractivity contribution in [3.05, 3.63) is 59.9 Å². The Labute approximate surface area is 175 Å². The van der Waals surface area contributed by atoms with E-state index in [0.717, 1.165) is 30.8 Å². The van der Waals surface area contributed by atoms with Gasteiger partial charge in [0.2, 0.25) is 5.91 Å². The maximum Gasteiger partial charge on any atom is 0.294 e. The van der Waals surface area contributed by atoms with E-state index in [1.165, 1.54) is 4.90 Å². The summed E-state index contributed by atoms with van der Waals surface area (Å²) >= 11 is 0. The topological polar surface area (TPSA) is 77.1 Å². The maximum absolute atomic E-state index is 13.1. The molecule has 0 bridgehead atoms. The van der Waals surface area contributed by atoms with Crippen LogP contribution in [0.3, 0.4) is 0 Å². The third-order valence-electron chi connectivity index (χ3n) is 5.10. The lowest BCUT2D eigenvalue weighted by Gasteiger charge is -2.30. The molecule has 156 valence electrons. The lowest BCUT2D eigenvalue weighted by molar-refractivity contribution is -0.123. The first-order chi connectivity index (χ1) is 14.6. The van der Waals surface area contributed by atoms with Crippen molar-refractivity contribution in [2.45, 2.75) is 18.9 Å². The average molecular weight is 408 g/mol. The largest absolute Gasteiger partial charge is 0.497 e. The highest BCUT2D eigenvalue weighted by atomic mass is 16.5. The second kappa shape index (κ2) is 9.00. The van der Waals surface area contributed by atoms with Crippen molar-refractivity contribution in [1.29, 1.82) is 0 Å². The Bertz CT molecular complexity index is 948. The number of hydrogen-bond donors (Lipinski definition) is 1. The van der Waals surface area contributed by atoms with Crippen molar-refractivity contribution in [2.75, 3.05) is 31.7 Å². The summed E-state index contributed by atoms with van der Waals surface area (Å²) in [7, 11) is 1.60. The molecule has 1 fully saturated rings. The molecule has 1 saturated heterocycles. The number of nitrogens with one attached hydrogen (secondary N) is 1. The van der Waals surface area contributed by atoms with Gasteiger partial charge in [-0.15, -0.1) is 0 Å². The van der Waals surface area contributed by atoms with Crippen molar-refractivity contribution in [3.8, 4) is 11.5 Å². The number of para-hydroxylation sites is 2. The number of anilines is 1. The first kappa shape index (κ1) is 20.0. The van der Waals surface area contributed by atoms with E-state index in [1.54, 1.807) is 25.3 Å². The number of benzene rings is 2. The summed E-state index contributed by atoms with van der Waals surface area (Å²) in [4.78, 5) is 27.1. The molecule has 0 radical (unpaired) electrons. The SMILES string of the molecule is COc1ccc(/C=C2\Oc3ccccc3N(CC(=O)NC[C@@H]3CCCO3)C2=O)cc1. The molecule has 1 atom stereocenters. The smallest absolute Gasteiger partial charge is 0.294 e. The highest BCUT2D eigenvalue weighted by molar-refractivity contribution is 6.12. The number of nitrogens with zero attached hydrogens (tertiary/aromatic N) is 1. The normalized spacial score (nSPS) is 19.4. The van der Waals surface area contributed by atoms with Gasteiger partial charge in [-0.1, -0.05) is 24.3 Å². The highest BCUT2D eigenvalue weighted by Gasteiger charge is 2.31. The van der Waals surface area contributed by atoms with Crippen LogP contribution in [-0.4, -0.2) is 44.7 Å². The number of methoxy groups -OCH3 is 1. The van der Waals surface area contributed by atoms with E-state index in [1.807, 2.05) is 36.4 Å². The summed E-state index contributed by atoms with van der Waals surface area (Å²) < 4.78 is 16.5. The Balaban J connectivity index is 1.53. The van der Waals surface area contributed by atoms with Crippen LogP contribution in [0.25, 0.3) is 6.08 Å². The number of amides is 2. The summed E-state index contributed by atoms with van der Waals surface area (Å²) in [5, 5.41) is 2.87. The molecule has 1 N–H and O–H groups in total. The second-order valence-electron chi connectivity index (χ2n) is 7.18. The van der Waals surface area contributed by atoms with Crippen molar-refractivity contribution < 1.29 is 23.8 Å². The molecule has 2 aromatic rings. The van der Waals surface area contributed by atoms with E-state index in [9.17, 15) is 9.59 Å². The fourth-order valence-corrected chi connectivity index (χ4v) is 3.50. The monoisotopic (exact) mass is 408 g/mol. The minimum atomic E-state index is -0.364. The van der Waals surface area contributed by atoms with E-state index in [-0.39, 0.29) is 30.2 Å². The molecule has 4 rings (SSSR count). The Morgan fingerprint density at radius 3 is 2.77 bits per heavy atom. The van der Waals surface area contributed by atoms with Gasteiger partial charge in [0.25, 0.3) is 5.91 Å². The molecule has 7 nitrogen and oxygen atoms in total. The molecular weight excluding hydrogens is 384 g/mol. The Morgan fingerprint density at radius 2 is 2.03 bits per heavy atom. The van der Waals surface area contributed by atoms with E-state index >= 15 is 0 Å². The summed E-state index contributed by atoms with van der Waals surface area (Å²) in [5.41, 5.74) is 1.36. The van der Waals surface area contributed by atoms with Crippen LogP contribution in [0.4, 0.5) is 5.69 Å². The Morgan fingerprint density at radius 1 is 1.23 bits per heavy atom. The van der Waals surface area contributed by atoms with Crippen LogP contribution >= 0.6 is 0 Å². The first-order valence-electron chi connectivity index (χ1n) is 9.97. The van der Waals surface area contributed by atoms with E-state index in [4.69, 9.17) is 14.2 Å². The number of carbonyl (C=O) groups is 2. The minimum absolute atomic E-state index is 0.0483. The van der Waals surface area contributed by atoms with Crippen LogP contribution in [0, 0.1) is 0 Å². The molecule has 0 unspecified atom stereocenters. The van der Waals surface area contributed by atoms with Crippen LogP contribution < -0.4 is 19.7 Å². The highest BCUT2D eigenvalue weighted by Crippen LogP contribution is 2.35. The predicted octanol–water partition coefficient (Wildman–Crippen LogP) is 2.76. The molecule has 30 heavy (non-hydrogen) atoms. The predicted molar refractivity (Wildman–Crippen MR) is 112 cm³/mol. The zero-order chi connectivity index (χ0) is 20.9. The maximum atomic E-state index is 13.1. The second-order valence-corrected chi connectivity index (χ2v) is 7.18. The molecular formula is C23H24N2O5. The van der Waals surface area contributed by atoms with Gasteiger partial charge in [0.05, 0.1) is 18.9 Å². The van der Waals surface area contributed by atoms with Crippen molar-refractivity contribution in [3.63, 3.8) is 0 Å². The van der Waals surface area contributed by atoms with Gasteiger partial charge in [0.15, 0.2) is 11.5 Å². The molecule has 2 aliphatic rings. The van der Waals surface area contributed by atoms with Gasteiger partial charge in [0.1, 0.15) is 12.3 Å². The molecule has 2 aliphatic heterocycles. The van der Waals surface area contributed by atoms with Crippen LogP contribution in [0.15, 0.2) is 54.3 Å². The van der Waals surface area contributed by atoms with Gasteiger partial charge in [-0.3, -0.25) is 14.5 Å². The van der Waals surface area contributed by atoms with Crippen molar-refractivity contribution in [1.82, 2.24) is 5.32 Å². The van der Waals surface area contributed by atoms with Crippen LogP contribution in [-0.2, 0) is 14.3 Å². The lowest BCUT2D eigenvalue weighted by Crippen LogP contribution is -2.45. The molecule has 0 saturated carbocycles. The zero-order valence-electron chi connectivity index (χ0n) is 16.8. The number of ether oxygens (including phenoxy) is 3. The number of fused-ring (bicyclic) bond motifs is 1. The van der Waals surface area contributed by atoms with Crippen LogP contribution in [0.1, 0.15) is 18.4 Å².